The fourth-order valence-electron chi connectivity index (χ4n) is 0.492. The molecule has 0 aromatic heterocycles. The summed E-state index contributed by atoms with van der Waals surface area (Å²) in [6.07, 6.45) is 0. The van der Waals surface area contributed by atoms with Gasteiger partial charge in [-0.25, -0.2) is 12.1 Å². The van der Waals surface area contributed by atoms with Gasteiger partial charge in [0.05, 0.1) is 7.11 Å². The molecule has 0 N–H and O–H groups in total. The molecule has 0 saturated heterocycles. The normalized spacial score (nSPS) is 7.62. The summed E-state index contributed by atoms with van der Waals surface area (Å²) in [5, 5.41) is 0. The van der Waals surface area contributed by atoms with Crippen LogP contribution in [0.3, 0.4) is 0 Å². The quantitative estimate of drug-likeness (QED) is 0.319. The first-order chi connectivity index (χ1) is 3.43. The number of ether oxygens (including phenoxy) is 1. The fourth-order valence-corrected chi connectivity index (χ4v) is 0.492. The summed E-state index contributed by atoms with van der Waals surface area (Å²) >= 11 is 0. The van der Waals surface area contributed by atoms with Crippen molar-refractivity contribution in [2.45, 2.75) is 0 Å². The second-order valence-electron chi connectivity index (χ2n) is 1.32. The van der Waals surface area contributed by atoms with E-state index in [-0.39, 0.29) is 29.6 Å². The van der Waals surface area contributed by atoms with E-state index in [2.05, 4.69) is 0 Å². The van der Waals surface area contributed by atoms with Crippen LogP contribution in [0.25, 0.3) is 0 Å². The van der Waals surface area contributed by atoms with Crippen molar-refractivity contribution < 1.29 is 34.3 Å². The molecule has 1 aromatic rings. The summed E-state index contributed by atoms with van der Waals surface area (Å²) in [5.41, 5.74) is 0. The maximum Gasteiger partial charge on any atom is 1.00 e. The molecule has 38 valence electrons. The molecule has 0 spiro atoms. The first-order valence-corrected chi connectivity index (χ1v) is 2.19. The van der Waals surface area contributed by atoms with Crippen molar-refractivity contribution in [1.82, 2.24) is 0 Å². The second-order valence-corrected chi connectivity index (χ2v) is 1.32. The third kappa shape index (κ3) is 1.95. The van der Waals surface area contributed by atoms with Crippen LogP contribution >= 0.6 is 0 Å². The minimum atomic E-state index is 0. The maximum absolute atomic E-state index is 4.85. The van der Waals surface area contributed by atoms with E-state index in [1.165, 1.54) is 0 Å². The van der Waals surface area contributed by atoms with Crippen molar-refractivity contribution in [3.63, 3.8) is 0 Å². The average Bonchev–Trinajstić information content (AvgIpc) is 2.14. The molecule has 0 aliphatic heterocycles. The third-order valence-electron chi connectivity index (χ3n) is 0.868. The van der Waals surface area contributed by atoms with Crippen LogP contribution in [0.4, 0.5) is 0 Å². The van der Waals surface area contributed by atoms with Gasteiger partial charge in [0.1, 0.15) is 0 Å². The molecule has 1 aromatic carbocycles. The summed E-state index contributed by atoms with van der Waals surface area (Å²) in [6.45, 7) is 0. The summed E-state index contributed by atoms with van der Waals surface area (Å²) in [4.78, 5) is 0. The van der Waals surface area contributed by atoms with E-state index in [1.54, 1.807) is 7.11 Å². The van der Waals surface area contributed by atoms with Crippen LogP contribution in [-0.2, 0) is 0 Å². The van der Waals surface area contributed by atoms with Crippen LogP contribution in [-0.4, -0.2) is 7.11 Å². The first-order valence-electron chi connectivity index (χ1n) is 2.19. The maximum atomic E-state index is 4.85. The summed E-state index contributed by atoms with van der Waals surface area (Å²) < 4.78 is 4.85. The van der Waals surface area contributed by atoms with Gasteiger partial charge in [-0.3, -0.25) is 0 Å². The molecule has 0 saturated carbocycles. The van der Waals surface area contributed by atoms with E-state index < -0.39 is 0 Å². The van der Waals surface area contributed by atoms with Crippen molar-refractivity contribution in [2.24, 2.45) is 0 Å². The predicted molar refractivity (Wildman–Crippen MR) is 28.6 cm³/mol. The zero-order valence-electron chi connectivity index (χ0n) is 5.22. The minimum Gasteiger partial charge on any atom is -0.554 e. The Bertz CT molecular complexity index is 123. The molecule has 0 aliphatic carbocycles. The molecule has 0 heterocycles. The Morgan fingerprint density at radius 1 is 1.25 bits per heavy atom. The minimum absolute atomic E-state index is 0. The van der Waals surface area contributed by atoms with Crippen molar-refractivity contribution in [2.75, 3.05) is 7.11 Å². The van der Waals surface area contributed by atoms with Gasteiger partial charge < -0.3 is 4.74 Å². The SMILES string of the molecule is CO[c-]1cccc1.[Na+]. The van der Waals surface area contributed by atoms with Gasteiger partial charge in [0, 0.05) is 5.75 Å². The molecule has 0 amide bonds. The number of rotatable bonds is 1. The van der Waals surface area contributed by atoms with Gasteiger partial charge in [0.25, 0.3) is 0 Å². The van der Waals surface area contributed by atoms with E-state index in [1.807, 2.05) is 24.3 Å². The number of methoxy groups -OCH3 is 1. The van der Waals surface area contributed by atoms with Gasteiger partial charge in [0.15, 0.2) is 0 Å². The molecular weight excluding hydrogens is 111 g/mol. The molecule has 0 unspecified atom stereocenters. The number of hydrogen-bond acceptors (Lipinski definition) is 1. The molecule has 8 heavy (non-hydrogen) atoms. The molecule has 2 heteroatoms. The third-order valence-corrected chi connectivity index (χ3v) is 0.868. The Hall–Kier alpha value is 0.150. The largest absolute Gasteiger partial charge is 1.00 e. The summed E-state index contributed by atoms with van der Waals surface area (Å²) in [5.74, 6) is 0.931. The zero-order valence-corrected chi connectivity index (χ0v) is 7.22. The Morgan fingerprint density at radius 3 is 2.00 bits per heavy atom. The van der Waals surface area contributed by atoms with Crippen LogP contribution in [0.2, 0.25) is 0 Å². The molecule has 0 bridgehead atoms. The molecule has 0 atom stereocenters. The topological polar surface area (TPSA) is 9.23 Å². The van der Waals surface area contributed by atoms with Gasteiger partial charge >= 0.3 is 29.6 Å². The Labute approximate surface area is 71.3 Å². The fraction of sp³-hybridized carbons (Fsp3) is 0.167. The molecule has 0 fully saturated rings. The molecule has 1 rings (SSSR count). The standard InChI is InChI=1S/C6H7O.Na/c1-7-6-4-2-3-5-6;/h2-5H,1H3;/q-1;+1. The number of hydrogen-bond donors (Lipinski definition) is 0. The van der Waals surface area contributed by atoms with E-state index in [4.69, 9.17) is 4.74 Å². The first kappa shape index (κ1) is 8.15. The predicted octanol–water partition coefficient (Wildman–Crippen LogP) is -1.58. The Kier molecular flexibility index (Phi) is 4.15. The molecule has 0 radical (unpaired) electrons. The monoisotopic (exact) mass is 118 g/mol. The van der Waals surface area contributed by atoms with Crippen LogP contribution < -0.4 is 34.3 Å². The molecule has 1 nitrogen and oxygen atoms in total. The van der Waals surface area contributed by atoms with Crippen LogP contribution in [0, 0.1) is 0 Å². The van der Waals surface area contributed by atoms with E-state index >= 15 is 0 Å². The van der Waals surface area contributed by atoms with Crippen LogP contribution in [0.15, 0.2) is 24.3 Å². The van der Waals surface area contributed by atoms with Crippen LogP contribution in [0.1, 0.15) is 0 Å². The Morgan fingerprint density at radius 2 is 1.75 bits per heavy atom. The summed E-state index contributed by atoms with van der Waals surface area (Å²) in [7, 11) is 1.66. The van der Waals surface area contributed by atoms with Crippen molar-refractivity contribution in [3.8, 4) is 5.75 Å². The van der Waals surface area contributed by atoms with Gasteiger partial charge in [-0.05, 0) is 0 Å². The van der Waals surface area contributed by atoms with Gasteiger partial charge in [-0.1, -0.05) is 0 Å². The van der Waals surface area contributed by atoms with Gasteiger partial charge in [-0.15, -0.1) is 12.1 Å². The van der Waals surface area contributed by atoms with E-state index in [0.29, 0.717) is 0 Å². The van der Waals surface area contributed by atoms with E-state index in [9.17, 15) is 0 Å². The van der Waals surface area contributed by atoms with Gasteiger partial charge in [0.2, 0.25) is 0 Å². The van der Waals surface area contributed by atoms with Crippen LogP contribution in [0.5, 0.6) is 5.75 Å². The molecule has 0 aliphatic rings. The van der Waals surface area contributed by atoms with Crippen molar-refractivity contribution in [1.29, 1.82) is 0 Å². The summed E-state index contributed by atoms with van der Waals surface area (Å²) in [6, 6.07) is 7.72. The van der Waals surface area contributed by atoms with Crippen molar-refractivity contribution in [3.05, 3.63) is 24.3 Å². The Balaban J connectivity index is 0.000000490. The van der Waals surface area contributed by atoms with Gasteiger partial charge in [-0.2, -0.15) is 0 Å². The van der Waals surface area contributed by atoms with Crippen molar-refractivity contribution >= 4 is 0 Å². The smallest absolute Gasteiger partial charge is 0.554 e. The average molecular weight is 118 g/mol. The van der Waals surface area contributed by atoms with E-state index in [0.717, 1.165) is 5.75 Å². The second kappa shape index (κ2) is 4.07. The molecular formula is C6H7NaO. The zero-order chi connectivity index (χ0) is 5.11.